The summed E-state index contributed by atoms with van der Waals surface area (Å²) in [5.74, 6) is -5.36. The molecule has 8 rings (SSSR count). The second-order valence-corrected chi connectivity index (χ2v) is 15.0. The third kappa shape index (κ3) is 10.1. The van der Waals surface area contributed by atoms with Gasteiger partial charge in [-0.15, -0.1) is 0 Å². The van der Waals surface area contributed by atoms with Crippen molar-refractivity contribution in [1.82, 2.24) is 0 Å². The number of rotatable bonds is 14. The standard InChI is InChI=1S/C50H42O14/c51-38-28-36(29-58-44(52)31-16-6-1-7-17-31)40-37(38)26-27-57-49(40)64-50-43(63-48(56)35-24-14-5-15-25-35)42(62-47(55)34-22-12-4-13-23-34)41(61-46(54)33-20-10-3-11-21-33)39(60-50)30-59-45(53)32-18-8-2-9-19-32/h1-28,37-43,49-51H,29-30H2/t37-,38+,39+,40+,41+,42-,43+,49-,50-/m0/s1. The summed E-state index contributed by atoms with van der Waals surface area (Å²) in [6, 6.07) is 40.5. The van der Waals surface area contributed by atoms with E-state index in [9.17, 15) is 29.1 Å². The maximum atomic E-state index is 14.0. The summed E-state index contributed by atoms with van der Waals surface area (Å²) in [5, 5.41) is 11.2. The van der Waals surface area contributed by atoms with E-state index >= 15 is 0 Å². The number of aliphatic hydroxyl groups is 1. The summed E-state index contributed by atoms with van der Waals surface area (Å²) in [7, 11) is 0. The monoisotopic (exact) mass is 866 g/mol. The molecule has 1 saturated heterocycles. The van der Waals surface area contributed by atoms with Gasteiger partial charge in [0.05, 0.1) is 46.1 Å². The van der Waals surface area contributed by atoms with E-state index in [0.717, 1.165) is 0 Å². The van der Waals surface area contributed by atoms with Crippen LogP contribution in [0.4, 0.5) is 0 Å². The lowest BCUT2D eigenvalue weighted by molar-refractivity contribution is -0.337. The van der Waals surface area contributed by atoms with Gasteiger partial charge in [0.25, 0.3) is 0 Å². The van der Waals surface area contributed by atoms with Crippen LogP contribution in [0.1, 0.15) is 51.8 Å². The molecule has 5 aromatic carbocycles. The van der Waals surface area contributed by atoms with E-state index in [1.54, 1.807) is 127 Å². The van der Waals surface area contributed by atoms with Crippen molar-refractivity contribution in [2.75, 3.05) is 13.2 Å². The van der Waals surface area contributed by atoms with Crippen LogP contribution in [0, 0.1) is 11.8 Å². The van der Waals surface area contributed by atoms with E-state index in [0.29, 0.717) is 11.1 Å². The first-order chi connectivity index (χ1) is 31.2. The van der Waals surface area contributed by atoms with Crippen LogP contribution < -0.4 is 0 Å². The largest absolute Gasteiger partial charge is 0.472 e. The second kappa shape index (κ2) is 20.2. The normalized spacial score (nSPS) is 24.5. The third-order valence-electron chi connectivity index (χ3n) is 10.8. The molecule has 2 aliphatic heterocycles. The van der Waals surface area contributed by atoms with Crippen LogP contribution in [-0.4, -0.2) is 91.3 Å². The van der Waals surface area contributed by atoms with Gasteiger partial charge in [0.15, 0.2) is 18.3 Å². The Morgan fingerprint density at radius 1 is 0.500 bits per heavy atom. The molecule has 14 heteroatoms. The molecule has 2 heterocycles. The Bertz CT molecular complexity index is 2460. The quantitative estimate of drug-likeness (QED) is 0.0724. The van der Waals surface area contributed by atoms with Crippen LogP contribution in [-0.2, 0) is 37.9 Å². The molecule has 0 radical (unpaired) electrons. The number of esters is 5. The van der Waals surface area contributed by atoms with Crippen molar-refractivity contribution in [2.45, 2.75) is 43.1 Å². The third-order valence-corrected chi connectivity index (χ3v) is 10.8. The number of ether oxygens (including phenoxy) is 8. The van der Waals surface area contributed by atoms with E-state index in [-0.39, 0.29) is 28.9 Å². The van der Waals surface area contributed by atoms with Crippen molar-refractivity contribution in [3.63, 3.8) is 0 Å². The number of fused-ring (bicyclic) bond motifs is 1. The molecule has 5 aromatic rings. The van der Waals surface area contributed by atoms with Crippen molar-refractivity contribution < 1.29 is 67.0 Å². The van der Waals surface area contributed by atoms with E-state index in [1.807, 2.05) is 0 Å². The number of carbonyl (C=O) groups excluding carboxylic acids is 5. The van der Waals surface area contributed by atoms with Crippen LogP contribution in [0.15, 0.2) is 176 Å². The Labute approximate surface area is 367 Å². The smallest absolute Gasteiger partial charge is 0.338 e. The molecule has 1 fully saturated rings. The highest BCUT2D eigenvalue weighted by Gasteiger charge is 2.56. The van der Waals surface area contributed by atoms with Gasteiger partial charge in [-0.05, 0) is 72.3 Å². The fraction of sp³-hybridized carbons (Fsp3) is 0.220. The lowest BCUT2D eigenvalue weighted by Crippen LogP contribution is -2.64. The van der Waals surface area contributed by atoms with Crippen molar-refractivity contribution in [3.05, 3.63) is 203 Å². The lowest BCUT2D eigenvalue weighted by atomic mass is 9.88. The Morgan fingerprint density at radius 3 is 1.41 bits per heavy atom. The molecule has 1 aliphatic carbocycles. The van der Waals surface area contributed by atoms with Gasteiger partial charge < -0.3 is 43.0 Å². The molecule has 0 aromatic heterocycles. The minimum Gasteiger partial charge on any atom is -0.472 e. The predicted octanol–water partition coefficient (Wildman–Crippen LogP) is 6.52. The van der Waals surface area contributed by atoms with Gasteiger partial charge in [0.1, 0.15) is 19.3 Å². The number of carbonyl (C=O) groups is 5. The summed E-state index contributed by atoms with van der Waals surface area (Å²) < 4.78 is 49.0. The average molecular weight is 867 g/mol. The Kier molecular flexibility index (Phi) is 13.7. The molecular weight excluding hydrogens is 825 g/mol. The van der Waals surface area contributed by atoms with Crippen LogP contribution in [0.3, 0.4) is 0 Å². The second-order valence-electron chi connectivity index (χ2n) is 15.0. The molecule has 0 amide bonds. The van der Waals surface area contributed by atoms with Crippen molar-refractivity contribution in [1.29, 1.82) is 0 Å². The first-order valence-electron chi connectivity index (χ1n) is 20.5. The van der Waals surface area contributed by atoms with E-state index in [1.165, 1.54) is 42.7 Å². The molecule has 1 N–H and O–H groups in total. The van der Waals surface area contributed by atoms with Crippen molar-refractivity contribution >= 4 is 29.8 Å². The molecule has 3 aliphatic rings. The van der Waals surface area contributed by atoms with E-state index in [4.69, 9.17) is 37.9 Å². The number of hydrogen-bond donors (Lipinski definition) is 1. The van der Waals surface area contributed by atoms with Crippen LogP contribution in [0.5, 0.6) is 0 Å². The highest BCUT2D eigenvalue weighted by molar-refractivity contribution is 5.92. The maximum absolute atomic E-state index is 14.0. The Balaban J connectivity index is 1.17. The number of benzene rings is 5. The van der Waals surface area contributed by atoms with Gasteiger partial charge in [-0.3, -0.25) is 0 Å². The fourth-order valence-electron chi connectivity index (χ4n) is 7.63. The highest BCUT2D eigenvalue weighted by atomic mass is 16.8. The van der Waals surface area contributed by atoms with Gasteiger partial charge in [-0.2, -0.15) is 0 Å². The Hall–Kier alpha value is -7.39. The summed E-state index contributed by atoms with van der Waals surface area (Å²) in [6.07, 6.45) is -5.92. The highest BCUT2D eigenvalue weighted by Crippen LogP contribution is 2.42. The first kappa shape index (κ1) is 43.3. The van der Waals surface area contributed by atoms with Crippen molar-refractivity contribution in [3.8, 4) is 0 Å². The molecule has 0 saturated carbocycles. The topological polar surface area (TPSA) is 179 Å². The molecule has 0 unspecified atom stereocenters. The molecule has 64 heavy (non-hydrogen) atoms. The molecule has 326 valence electrons. The molecule has 9 atom stereocenters. The average Bonchev–Trinajstić information content (AvgIpc) is 3.68. The molecule has 14 nitrogen and oxygen atoms in total. The molecule has 0 bridgehead atoms. The van der Waals surface area contributed by atoms with Crippen LogP contribution in [0.2, 0.25) is 0 Å². The van der Waals surface area contributed by atoms with E-state index in [2.05, 4.69) is 0 Å². The summed E-state index contributed by atoms with van der Waals surface area (Å²) in [6.45, 7) is -0.816. The fourth-order valence-corrected chi connectivity index (χ4v) is 7.63. The summed E-state index contributed by atoms with van der Waals surface area (Å²) in [5.41, 5.74) is 1.36. The number of hydrogen-bond acceptors (Lipinski definition) is 14. The first-order valence-corrected chi connectivity index (χ1v) is 20.5. The van der Waals surface area contributed by atoms with Gasteiger partial charge in [0, 0.05) is 5.92 Å². The molecule has 0 spiro atoms. The minimum absolute atomic E-state index is 0.114. The van der Waals surface area contributed by atoms with Gasteiger partial charge in [-0.1, -0.05) is 97.1 Å². The predicted molar refractivity (Wildman–Crippen MR) is 225 cm³/mol. The number of aliphatic hydroxyl groups excluding tert-OH is 1. The van der Waals surface area contributed by atoms with Crippen LogP contribution in [0.25, 0.3) is 0 Å². The zero-order valence-corrected chi connectivity index (χ0v) is 34.0. The SMILES string of the molecule is O=C(OCC1=C[C@@H](O)[C@@H]2C=CO[C@@H](O[C@@H]3O[C@H](COC(=O)c4ccccc4)[C@@H](OC(=O)c4ccccc4)[C@H](OC(=O)c4ccccc4)[C@H]3OC(=O)c3ccccc3)[C@H]12)c1ccccc1. The minimum atomic E-state index is -1.70. The van der Waals surface area contributed by atoms with E-state index < -0.39 is 91.4 Å². The zero-order chi connectivity index (χ0) is 44.4. The lowest BCUT2D eigenvalue weighted by Gasteiger charge is -2.46. The van der Waals surface area contributed by atoms with Crippen LogP contribution >= 0.6 is 0 Å². The summed E-state index contributed by atoms with van der Waals surface area (Å²) >= 11 is 0. The summed E-state index contributed by atoms with van der Waals surface area (Å²) in [4.78, 5) is 68.3. The molecular formula is C50H42O14. The maximum Gasteiger partial charge on any atom is 0.338 e. The van der Waals surface area contributed by atoms with Gasteiger partial charge >= 0.3 is 29.8 Å². The van der Waals surface area contributed by atoms with Gasteiger partial charge in [0.2, 0.25) is 12.6 Å². The zero-order valence-electron chi connectivity index (χ0n) is 34.0. The van der Waals surface area contributed by atoms with Gasteiger partial charge in [-0.25, -0.2) is 24.0 Å². The van der Waals surface area contributed by atoms with Crippen molar-refractivity contribution in [2.24, 2.45) is 11.8 Å². The Morgan fingerprint density at radius 2 is 0.922 bits per heavy atom.